The molecule has 0 aromatic heterocycles. The van der Waals surface area contributed by atoms with Gasteiger partial charge in [0.1, 0.15) is 11.2 Å². The molecule has 1 aliphatic heterocycles. The number of carbonyl (C=O) groups is 2. The van der Waals surface area contributed by atoms with Crippen molar-refractivity contribution < 1.29 is 14.0 Å². The minimum absolute atomic E-state index is 0.0583. The van der Waals surface area contributed by atoms with E-state index in [1.54, 1.807) is 60.4 Å². The lowest BCUT2D eigenvalue weighted by Crippen LogP contribution is -2.28. The van der Waals surface area contributed by atoms with Crippen molar-refractivity contribution in [2.24, 2.45) is 0 Å². The zero-order valence-electron chi connectivity index (χ0n) is 16.1. The fourth-order valence-corrected chi connectivity index (χ4v) is 4.71. The molecule has 7 heteroatoms. The van der Waals surface area contributed by atoms with Gasteiger partial charge in [-0.3, -0.25) is 14.5 Å². The molecule has 1 aliphatic rings. The quantitative estimate of drug-likeness (QED) is 0.556. The largest absolute Gasteiger partial charge is 0.322 e. The van der Waals surface area contributed by atoms with Crippen molar-refractivity contribution in [1.82, 2.24) is 0 Å². The van der Waals surface area contributed by atoms with Crippen LogP contribution in [-0.2, 0) is 4.79 Å². The fourth-order valence-electron chi connectivity index (χ4n) is 3.35. The second-order valence-corrected chi connectivity index (χ2v) is 8.40. The maximum Gasteiger partial charge on any atom is 0.255 e. The predicted octanol–water partition coefficient (Wildman–Crippen LogP) is 5.82. The number of carbonyl (C=O) groups excluding carboxylic acids is 2. The molecule has 0 spiro atoms. The first kappa shape index (κ1) is 20.4. The van der Waals surface area contributed by atoms with Crippen LogP contribution in [0.1, 0.15) is 26.9 Å². The molecule has 30 heavy (non-hydrogen) atoms. The third kappa shape index (κ3) is 4.06. The van der Waals surface area contributed by atoms with Crippen LogP contribution >= 0.6 is 23.4 Å². The van der Waals surface area contributed by atoms with Crippen LogP contribution in [0.25, 0.3) is 0 Å². The Labute approximate surface area is 183 Å². The molecule has 1 heterocycles. The number of thioether (sulfide) groups is 1. The fraction of sp³-hybridized carbons (Fsp3) is 0.130. The molecule has 2 amide bonds. The van der Waals surface area contributed by atoms with Crippen LogP contribution in [-0.4, -0.2) is 17.6 Å². The summed E-state index contributed by atoms with van der Waals surface area (Å²) in [7, 11) is 0. The van der Waals surface area contributed by atoms with Gasteiger partial charge in [-0.25, -0.2) is 4.39 Å². The van der Waals surface area contributed by atoms with Crippen molar-refractivity contribution in [3.8, 4) is 0 Å². The van der Waals surface area contributed by atoms with Gasteiger partial charge in [0, 0.05) is 21.8 Å². The monoisotopic (exact) mass is 440 g/mol. The van der Waals surface area contributed by atoms with E-state index < -0.39 is 0 Å². The minimum atomic E-state index is -0.338. The Balaban J connectivity index is 1.55. The van der Waals surface area contributed by atoms with E-state index in [-0.39, 0.29) is 23.0 Å². The summed E-state index contributed by atoms with van der Waals surface area (Å²) in [6.45, 7) is 1.67. The first-order valence-electron chi connectivity index (χ1n) is 9.29. The Morgan fingerprint density at radius 1 is 1.13 bits per heavy atom. The molecule has 0 bridgehead atoms. The molecule has 0 radical (unpaired) electrons. The summed E-state index contributed by atoms with van der Waals surface area (Å²) in [6.07, 6.45) is 0. The van der Waals surface area contributed by atoms with Crippen LogP contribution in [0.15, 0.2) is 66.7 Å². The lowest BCUT2D eigenvalue weighted by Gasteiger charge is -2.26. The van der Waals surface area contributed by atoms with Gasteiger partial charge >= 0.3 is 0 Å². The maximum absolute atomic E-state index is 14.0. The Bertz CT molecular complexity index is 1120. The van der Waals surface area contributed by atoms with Gasteiger partial charge in [0.15, 0.2) is 0 Å². The van der Waals surface area contributed by atoms with Gasteiger partial charge in [-0.1, -0.05) is 35.9 Å². The van der Waals surface area contributed by atoms with Crippen LogP contribution in [0.4, 0.5) is 15.8 Å². The number of anilines is 2. The zero-order valence-corrected chi connectivity index (χ0v) is 17.6. The Morgan fingerprint density at radius 3 is 2.60 bits per heavy atom. The normalized spacial score (nSPS) is 16.0. The zero-order chi connectivity index (χ0) is 21.3. The topological polar surface area (TPSA) is 49.4 Å². The summed E-state index contributed by atoms with van der Waals surface area (Å²) in [5, 5.41) is 3.08. The summed E-state index contributed by atoms with van der Waals surface area (Å²) in [5.74, 6) is -0.326. The van der Waals surface area contributed by atoms with Crippen molar-refractivity contribution in [2.75, 3.05) is 16.0 Å². The molecule has 4 nitrogen and oxygen atoms in total. The summed E-state index contributed by atoms with van der Waals surface area (Å²) in [4.78, 5) is 26.6. The Kier molecular flexibility index (Phi) is 5.79. The second-order valence-electron chi connectivity index (χ2n) is 6.90. The van der Waals surface area contributed by atoms with Crippen molar-refractivity contribution in [3.05, 3.63) is 94.3 Å². The summed E-state index contributed by atoms with van der Waals surface area (Å²) in [6, 6.07) is 18.8. The number of amides is 2. The van der Waals surface area contributed by atoms with Crippen molar-refractivity contribution in [1.29, 1.82) is 0 Å². The first-order valence-corrected chi connectivity index (χ1v) is 10.7. The van der Waals surface area contributed by atoms with E-state index in [9.17, 15) is 14.0 Å². The number of benzene rings is 3. The van der Waals surface area contributed by atoms with E-state index in [1.807, 2.05) is 12.1 Å². The summed E-state index contributed by atoms with van der Waals surface area (Å²) < 4.78 is 14.0. The molecule has 3 aromatic carbocycles. The summed E-state index contributed by atoms with van der Waals surface area (Å²) >= 11 is 7.44. The maximum atomic E-state index is 14.0. The van der Waals surface area contributed by atoms with E-state index in [1.165, 1.54) is 17.8 Å². The molecular formula is C23H18ClFN2O2S. The molecular weight excluding hydrogens is 423 g/mol. The number of rotatable bonds is 4. The molecule has 0 aliphatic carbocycles. The molecule has 1 saturated heterocycles. The predicted molar refractivity (Wildman–Crippen MR) is 120 cm³/mol. The Hall–Kier alpha value is -2.83. The lowest BCUT2D eigenvalue weighted by molar-refractivity contribution is -0.115. The number of hydrogen-bond acceptors (Lipinski definition) is 3. The average Bonchev–Trinajstić information content (AvgIpc) is 3.12. The highest BCUT2D eigenvalue weighted by atomic mass is 35.5. The van der Waals surface area contributed by atoms with Gasteiger partial charge in [0.05, 0.1) is 11.4 Å². The molecule has 1 atom stereocenters. The first-order chi connectivity index (χ1) is 14.4. The van der Waals surface area contributed by atoms with E-state index in [2.05, 4.69) is 5.32 Å². The number of nitrogens with zero attached hydrogens (tertiary/aromatic N) is 1. The molecule has 4 rings (SSSR count). The third-order valence-corrected chi connectivity index (χ3v) is 6.35. The molecule has 152 valence electrons. The van der Waals surface area contributed by atoms with Gasteiger partial charge in [-0.05, 0) is 55.0 Å². The van der Waals surface area contributed by atoms with Crippen LogP contribution < -0.4 is 10.2 Å². The average molecular weight is 441 g/mol. The molecule has 0 unspecified atom stereocenters. The summed E-state index contributed by atoms with van der Waals surface area (Å²) in [5.41, 5.74) is 3.02. The highest BCUT2D eigenvalue weighted by molar-refractivity contribution is 8.00. The van der Waals surface area contributed by atoms with Crippen LogP contribution in [0.3, 0.4) is 0 Å². The Morgan fingerprint density at radius 2 is 1.87 bits per heavy atom. The second kappa shape index (κ2) is 8.50. The number of nitrogens with one attached hydrogen (secondary N) is 1. The van der Waals surface area contributed by atoms with Crippen LogP contribution in [0, 0.1) is 12.7 Å². The molecule has 1 fully saturated rings. The minimum Gasteiger partial charge on any atom is -0.322 e. The smallest absolute Gasteiger partial charge is 0.255 e. The highest BCUT2D eigenvalue weighted by Crippen LogP contribution is 2.43. The molecule has 3 aromatic rings. The molecule has 0 saturated carbocycles. The lowest BCUT2D eigenvalue weighted by atomic mass is 10.1. The van der Waals surface area contributed by atoms with E-state index in [4.69, 9.17) is 11.6 Å². The standard InChI is InChI=1S/C23H18ClFN2O2S/c1-14-19(25)6-3-7-20(14)27-21(28)13-30-23(27)15-8-10-18(11-9-15)26-22(29)16-4-2-5-17(24)12-16/h2-12,23H,13H2,1H3,(H,26,29)/t23-/m0/s1. The van der Waals surface area contributed by atoms with Crippen LogP contribution in [0.2, 0.25) is 5.02 Å². The highest BCUT2D eigenvalue weighted by Gasteiger charge is 2.35. The van der Waals surface area contributed by atoms with Crippen molar-refractivity contribution in [2.45, 2.75) is 12.3 Å². The third-order valence-electron chi connectivity index (χ3n) is 4.91. The van der Waals surface area contributed by atoms with Gasteiger partial charge in [0.25, 0.3) is 5.91 Å². The van der Waals surface area contributed by atoms with Crippen LogP contribution in [0.5, 0.6) is 0 Å². The van der Waals surface area contributed by atoms with E-state index in [0.29, 0.717) is 33.3 Å². The van der Waals surface area contributed by atoms with Gasteiger partial charge < -0.3 is 5.32 Å². The van der Waals surface area contributed by atoms with Crippen molar-refractivity contribution >= 4 is 46.6 Å². The SMILES string of the molecule is Cc1c(F)cccc1N1C(=O)CS[C@H]1c1ccc(NC(=O)c2cccc(Cl)c2)cc1. The van der Waals surface area contributed by atoms with E-state index >= 15 is 0 Å². The number of hydrogen-bond donors (Lipinski definition) is 1. The molecule has 1 N–H and O–H groups in total. The van der Waals surface area contributed by atoms with Gasteiger partial charge in [0.2, 0.25) is 5.91 Å². The van der Waals surface area contributed by atoms with E-state index in [0.717, 1.165) is 5.56 Å². The van der Waals surface area contributed by atoms with Gasteiger partial charge in [-0.15, -0.1) is 11.8 Å². The van der Waals surface area contributed by atoms with Gasteiger partial charge in [-0.2, -0.15) is 0 Å². The van der Waals surface area contributed by atoms with Crippen molar-refractivity contribution in [3.63, 3.8) is 0 Å². The number of halogens is 2.